The van der Waals surface area contributed by atoms with Crippen molar-refractivity contribution in [3.8, 4) is 10.7 Å². The normalized spacial score (nSPS) is 12.8. The first-order valence-corrected chi connectivity index (χ1v) is 8.12. The molecular weight excluding hydrogens is 270 g/mol. The topological polar surface area (TPSA) is 33.6 Å². The van der Waals surface area contributed by atoms with E-state index in [1.165, 1.54) is 0 Å². The SMILES string of the molecule is CSCCC(C)n1c(-c2cccs2)n[nH]c1=S. The van der Waals surface area contributed by atoms with E-state index in [0.717, 1.165) is 22.9 Å². The summed E-state index contributed by atoms with van der Waals surface area (Å²) in [5.74, 6) is 2.09. The van der Waals surface area contributed by atoms with Gasteiger partial charge in [0.05, 0.1) is 4.88 Å². The number of aromatic nitrogens is 3. The zero-order valence-corrected chi connectivity index (χ0v) is 12.3. The highest BCUT2D eigenvalue weighted by Crippen LogP contribution is 2.26. The number of thioether (sulfide) groups is 1. The van der Waals surface area contributed by atoms with Crippen LogP contribution < -0.4 is 0 Å². The molecule has 92 valence electrons. The first kappa shape index (κ1) is 12.9. The van der Waals surface area contributed by atoms with Crippen LogP contribution in [0.5, 0.6) is 0 Å². The van der Waals surface area contributed by atoms with E-state index in [4.69, 9.17) is 12.2 Å². The number of hydrogen-bond acceptors (Lipinski definition) is 4. The number of thiophene rings is 1. The third kappa shape index (κ3) is 2.81. The minimum absolute atomic E-state index is 0.380. The lowest BCUT2D eigenvalue weighted by Crippen LogP contribution is -2.07. The van der Waals surface area contributed by atoms with Crippen molar-refractivity contribution >= 4 is 35.3 Å². The van der Waals surface area contributed by atoms with Gasteiger partial charge in [0, 0.05) is 6.04 Å². The van der Waals surface area contributed by atoms with Gasteiger partial charge in [0.2, 0.25) is 0 Å². The highest BCUT2D eigenvalue weighted by molar-refractivity contribution is 7.98. The Morgan fingerprint density at radius 3 is 3.12 bits per heavy atom. The molecule has 0 saturated carbocycles. The monoisotopic (exact) mass is 285 g/mol. The fourth-order valence-electron chi connectivity index (χ4n) is 1.71. The predicted molar refractivity (Wildman–Crippen MR) is 78.4 cm³/mol. The average Bonchev–Trinajstić information content (AvgIpc) is 2.94. The Morgan fingerprint density at radius 1 is 1.65 bits per heavy atom. The van der Waals surface area contributed by atoms with Gasteiger partial charge in [-0.15, -0.1) is 11.3 Å². The van der Waals surface area contributed by atoms with E-state index in [9.17, 15) is 0 Å². The lowest BCUT2D eigenvalue weighted by atomic mass is 10.2. The van der Waals surface area contributed by atoms with Crippen LogP contribution in [-0.4, -0.2) is 26.8 Å². The number of H-pyrrole nitrogens is 1. The zero-order chi connectivity index (χ0) is 12.3. The van der Waals surface area contributed by atoms with Gasteiger partial charge in [0.1, 0.15) is 0 Å². The molecule has 0 spiro atoms. The van der Waals surface area contributed by atoms with Gasteiger partial charge in [-0.3, -0.25) is 9.67 Å². The van der Waals surface area contributed by atoms with Crippen LogP contribution in [0.3, 0.4) is 0 Å². The molecule has 0 bridgehead atoms. The molecule has 2 rings (SSSR count). The van der Waals surface area contributed by atoms with Crippen molar-refractivity contribution in [1.29, 1.82) is 0 Å². The average molecular weight is 285 g/mol. The number of nitrogens with one attached hydrogen (secondary N) is 1. The number of nitrogens with zero attached hydrogens (tertiary/aromatic N) is 2. The van der Waals surface area contributed by atoms with Crippen LogP contribution >= 0.6 is 35.3 Å². The maximum absolute atomic E-state index is 5.32. The second-order valence-corrected chi connectivity index (χ2v) is 6.15. The van der Waals surface area contributed by atoms with Crippen molar-refractivity contribution < 1.29 is 0 Å². The summed E-state index contributed by atoms with van der Waals surface area (Å²) < 4.78 is 2.83. The van der Waals surface area contributed by atoms with Crippen molar-refractivity contribution in [2.45, 2.75) is 19.4 Å². The standard InChI is InChI=1S/C11H15N3S3/c1-8(5-7-16-2)14-10(12-13-11(14)15)9-4-3-6-17-9/h3-4,6,8H,5,7H2,1-2H3,(H,13,15). The van der Waals surface area contributed by atoms with Gasteiger partial charge in [-0.2, -0.15) is 16.9 Å². The molecule has 1 unspecified atom stereocenters. The Labute approximate surface area is 114 Å². The van der Waals surface area contributed by atoms with Gasteiger partial charge in [0.15, 0.2) is 10.6 Å². The Bertz CT molecular complexity index is 512. The number of aromatic amines is 1. The lowest BCUT2D eigenvalue weighted by Gasteiger charge is -2.14. The van der Waals surface area contributed by atoms with Gasteiger partial charge in [-0.1, -0.05) is 6.07 Å². The van der Waals surface area contributed by atoms with E-state index in [0.29, 0.717) is 10.8 Å². The second-order valence-electron chi connectivity index (χ2n) is 3.83. The molecule has 0 aromatic carbocycles. The molecule has 0 fully saturated rings. The molecule has 0 radical (unpaired) electrons. The molecule has 1 atom stereocenters. The molecule has 2 heterocycles. The summed E-state index contributed by atoms with van der Waals surface area (Å²) in [7, 11) is 0. The zero-order valence-electron chi connectivity index (χ0n) is 9.84. The third-order valence-electron chi connectivity index (χ3n) is 2.63. The minimum Gasteiger partial charge on any atom is -0.297 e. The van der Waals surface area contributed by atoms with E-state index < -0.39 is 0 Å². The van der Waals surface area contributed by atoms with Gasteiger partial charge in [0.25, 0.3) is 0 Å². The van der Waals surface area contributed by atoms with Gasteiger partial charge >= 0.3 is 0 Å². The van der Waals surface area contributed by atoms with Gasteiger partial charge in [-0.25, -0.2) is 0 Å². The smallest absolute Gasteiger partial charge is 0.195 e. The Morgan fingerprint density at radius 2 is 2.47 bits per heavy atom. The Hall–Kier alpha value is -0.590. The number of rotatable bonds is 5. The van der Waals surface area contributed by atoms with Crippen molar-refractivity contribution in [2.75, 3.05) is 12.0 Å². The van der Waals surface area contributed by atoms with Crippen molar-refractivity contribution in [1.82, 2.24) is 14.8 Å². The minimum atomic E-state index is 0.380. The molecule has 1 N–H and O–H groups in total. The maximum atomic E-state index is 5.32. The summed E-state index contributed by atoms with van der Waals surface area (Å²) in [6.07, 6.45) is 3.23. The van der Waals surface area contributed by atoms with Crippen LogP contribution in [0.4, 0.5) is 0 Å². The molecule has 0 saturated heterocycles. The molecule has 0 aliphatic carbocycles. The summed E-state index contributed by atoms with van der Waals surface area (Å²) in [6.45, 7) is 2.19. The molecule has 6 heteroatoms. The molecular formula is C11H15N3S3. The van der Waals surface area contributed by atoms with E-state index >= 15 is 0 Å². The molecule has 2 aromatic heterocycles. The Balaban J connectivity index is 2.33. The summed E-state index contributed by atoms with van der Waals surface area (Å²) in [5.41, 5.74) is 0. The number of hydrogen-bond donors (Lipinski definition) is 1. The second kappa shape index (κ2) is 5.84. The first-order chi connectivity index (χ1) is 8.24. The summed E-state index contributed by atoms with van der Waals surface area (Å²) in [6, 6.07) is 4.49. The molecule has 2 aromatic rings. The van der Waals surface area contributed by atoms with E-state index in [2.05, 4.69) is 39.4 Å². The summed E-state index contributed by atoms with van der Waals surface area (Å²) >= 11 is 8.87. The molecule has 0 amide bonds. The fraction of sp³-hybridized carbons (Fsp3) is 0.455. The van der Waals surface area contributed by atoms with Crippen LogP contribution in [0.2, 0.25) is 0 Å². The van der Waals surface area contributed by atoms with Crippen LogP contribution in [0.1, 0.15) is 19.4 Å². The highest BCUT2D eigenvalue weighted by atomic mass is 32.2. The predicted octanol–water partition coefficient (Wildman–Crippen LogP) is 3.98. The maximum Gasteiger partial charge on any atom is 0.195 e. The molecule has 3 nitrogen and oxygen atoms in total. The van der Waals surface area contributed by atoms with Crippen molar-refractivity contribution in [3.63, 3.8) is 0 Å². The van der Waals surface area contributed by atoms with Crippen LogP contribution in [-0.2, 0) is 0 Å². The van der Waals surface area contributed by atoms with Crippen LogP contribution in [0.25, 0.3) is 10.7 Å². The molecule has 0 aliphatic rings. The summed E-state index contributed by atoms with van der Waals surface area (Å²) in [4.78, 5) is 1.16. The first-order valence-electron chi connectivity index (χ1n) is 5.43. The van der Waals surface area contributed by atoms with E-state index in [-0.39, 0.29) is 0 Å². The van der Waals surface area contributed by atoms with Gasteiger partial charge in [-0.05, 0) is 49.0 Å². The van der Waals surface area contributed by atoms with Crippen LogP contribution in [0.15, 0.2) is 17.5 Å². The van der Waals surface area contributed by atoms with E-state index in [1.807, 2.05) is 17.8 Å². The Kier molecular flexibility index (Phi) is 4.42. The van der Waals surface area contributed by atoms with Crippen LogP contribution in [0, 0.1) is 4.77 Å². The molecule has 0 aliphatic heterocycles. The van der Waals surface area contributed by atoms with Crippen molar-refractivity contribution in [3.05, 3.63) is 22.3 Å². The quantitative estimate of drug-likeness (QED) is 0.844. The molecule has 17 heavy (non-hydrogen) atoms. The fourth-order valence-corrected chi connectivity index (χ4v) is 3.31. The largest absolute Gasteiger partial charge is 0.297 e. The highest BCUT2D eigenvalue weighted by Gasteiger charge is 2.14. The third-order valence-corrected chi connectivity index (χ3v) is 4.42. The van der Waals surface area contributed by atoms with E-state index in [1.54, 1.807) is 11.3 Å². The van der Waals surface area contributed by atoms with Gasteiger partial charge < -0.3 is 0 Å². The van der Waals surface area contributed by atoms with Crippen molar-refractivity contribution in [2.24, 2.45) is 0 Å². The summed E-state index contributed by atoms with van der Waals surface area (Å²) in [5, 5.41) is 9.29. The lowest BCUT2D eigenvalue weighted by molar-refractivity contribution is 0.533.